The molecule has 1 saturated heterocycles. The van der Waals surface area contributed by atoms with E-state index in [-0.39, 0.29) is 29.0 Å². The lowest BCUT2D eigenvalue weighted by Gasteiger charge is -2.19. The van der Waals surface area contributed by atoms with Crippen LogP contribution in [-0.4, -0.2) is 24.8 Å². The SMILES string of the molecule is COc1ccc(N2CC(S)CC2=O)cc1C(F)(F)F. The molecule has 1 aliphatic heterocycles. The summed E-state index contributed by atoms with van der Waals surface area (Å²) in [6.45, 7) is 0.311. The average Bonchev–Trinajstić information content (AvgIpc) is 2.66. The molecular weight excluding hydrogens is 279 g/mol. The Kier molecular flexibility index (Phi) is 3.66. The van der Waals surface area contributed by atoms with Crippen LogP contribution < -0.4 is 9.64 Å². The molecule has 0 saturated carbocycles. The molecule has 0 N–H and O–H groups in total. The number of anilines is 1. The minimum Gasteiger partial charge on any atom is -0.496 e. The Morgan fingerprint density at radius 1 is 1.42 bits per heavy atom. The van der Waals surface area contributed by atoms with Crippen LogP contribution in [-0.2, 0) is 11.0 Å². The van der Waals surface area contributed by atoms with Crippen LogP contribution in [0, 0.1) is 0 Å². The van der Waals surface area contributed by atoms with E-state index in [9.17, 15) is 18.0 Å². The predicted molar refractivity (Wildman–Crippen MR) is 67.7 cm³/mol. The molecule has 19 heavy (non-hydrogen) atoms. The Labute approximate surface area is 113 Å². The summed E-state index contributed by atoms with van der Waals surface area (Å²) in [7, 11) is 1.18. The molecule has 1 fully saturated rings. The van der Waals surface area contributed by atoms with Crippen LogP contribution in [0.25, 0.3) is 0 Å². The zero-order valence-corrected chi connectivity index (χ0v) is 11.0. The van der Waals surface area contributed by atoms with Crippen LogP contribution in [0.3, 0.4) is 0 Å². The van der Waals surface area contributed by atoms with Crippen molar-refractivity contribution < 1.29 is 22.7 Å². The van der Waals surface area contributed by atoms with Gasteiger partial charge in [-0.05, 0) is 18.2 Å². The molecular formula is C12H12F3NO2S. The molecule has 7 heteroatoms. The first-order valence-corrected chi connectivity index (χ1v) is 6.08. The van der Waals surface area contributed by atoms with Crippen LogP contribution >= 0.6 is 12.6 Å². The number of thiol groups is 1. The Morgan fingerprint density at radius 2 is 2.11 bits per heavy atom. The highest BCUT2D eigenvalue weighted by Crippen LogP contribution is 2.39. The lowest BCUT2D eigenvalue weighted by molar-refractivity contribution is -0.138. The molecule has 0 aliphatic carbocycles. The van der Waals surface area contributed by atoms with Crippen molar-refractivity contribution in [3.05, 3.63) is 23.8 Å². The maximum atomic E-state index is 12.9. The van der Waals surface area contributed by atoms with Gasteiger partial charge < -0.3 is 9.64 Å². The summed E-state index contributed by atoms with van der Waals surface area (Å²) in [5.74, 6) is -0.483. The second-order valence-electron chi connectivity index (χ2n) is 4.24. The molecule has 0 spiro atoms. The van der Waals surface area contributed by atoms with Gasteiger partial charge in [-0.15, -0.1) is 0 Å². The maximum Gasteiger partial charge on any atom is 0.420 e. The van der Waals surface area contributed by atoms with Crippen LogP contribution in [0.1, 0.15) is 12.0 Å². The van der Waals surface area contributed by atoms with Gasteiger partial charge in [0.05, 0.1) is 12.7 Å². The quantitative estimate of drug-likeness (QED) is 0.849. The Hall–Kier alpha value is -1.37. The number of ether oxygens (including phenoxy) is 1. The summed E-state index contributed by atoms with van der Waals surface area (Å²) in [4.78, 5) is 13.0. The highest BCUT2D eigenvalue weighted by atomic mass is 32.1. The number of hydrogen-bond donors (Lipinski definition) is 1. The molecule has 0 bridgehead atoms. The Balaban J connectivity index is 2.41. The van der Waals surface area contributed by atoms with Crippen LogP contribution in [0.15, 0.2) is 18.2 Å². The van der Waals surface area contributed by atoms with Crippen molar-refractivity contribution in [2.24, 2.45) is 0 Å². The minimum atomic E-state index is -4.52. The molecule has 0 aromatic heterocycles. The van der Waals surface area contributed by atoms with Gasteiger partial charge in [-0.1, -0.05) is 0 Å². The fourth-order valence-corrected chi connectivity index (χ4v) is 2.34. The van der Waals surface area contributed by atoms with Crippen molar-refractivity contribution in [2.75, 3.05) is 18.6 Å². The van der Waals surface area contributed by atoms with Crippen LogP contribution in [0.2, 0.25) is 0 Å². The number of alkyl halides is 3. The standard InChI is InChI=1S/C12H12F3NO2S/c1-18-10-3-2-7(4-9(10)12(13,14)15)16-6-8(19)5-11(16)17/h2-4,8,19H,5-6H2,1H3. The molecule has 3 nitrogen and oxygen atoms in total. The lowest BCUT2D eigenvalue weighted by atomic mass is 10.1. The topological polar surface area (TPSA) is 29.5 Å². The van der Waals surface area contributed by atoms with Gasteiger partial charge in [-0.2, -0.15) is 25.8 Å². The molecule has 1 aromatic rings. The minimum absolute atomic E-state index is 0.149. The van der Waals surface area contributed by atoms with E-state index in [1.165, 1.54) is 24.1 Å². The molecule has 1 aromatic carbocycles. The molecule has 0 radical (unpaired) electrons. The summed E-state index contributed by atoms with van der Waals surface area (Å²) in [6.07, 6.45) is -4.29. The van der Waals surface area contributed by atoms with Crippen molar-refractivity contribution in [1.82, 2.24) is 0 Å². The number of carbonyl (C=O) groups is 1. The van der Waals surface area contributed by atoms with E-state index in [1.54, 1.807) is 0 Å². The summed E-state index contributed by atoms with van der Waals surface area (Å²) in [5, 5.41) is -0.149. The molecule has 1 heterocycles. The number of rotatable bonds is 2. The number of carbonyl (C=O) groups excluding carboxylic acids is 1. The molecule has 1 atom stereocenters. The third kappa shape index (κ3) is 2.80. The second-order valence-corrected chi connectivity index (χ2v) is 4.97. The average molecular weight is 291 g/mol. The van der Waals surface area contributed by atoms with E-state index in [1.807, 2.05) is 0 Å². The molecule has 104 valence electrons. The van der Waals surface area contributed by atoms with E-state index < -0.39 is 11.7 Å². The fraction of sp³-hybridized carbons (Fsp3) is 0.417. The second kappa shape index (κ2) is 4.96. The van der Waals surface area contributed by atoms with Gasteiger partial charge in [0.2, 0.25) is 5.91 Å². The largest absolute Gasteiger partial charge is 0.496 e. The molecule has 1 unspecified atom stereocenters. The van der Waals surface area contributed by atoms with E-state index in [4.69, 9.17) is 4.74 Å². The normalized spacial score (nSPS) is 19.9. The first-order valence-electron chi connectivity index (χ1n) is 5.56. The van der Waals surface area contributed by atoms with Crippen molar-refractivity contribution >= 4 is 24.2 Å². The summed E-state index contributed by atoms with van der Waals surface area (Å²) >= 11 is 4.17. The van der Waals surface area contributed by atoms with Crippen molar-refractivity contribution in [3.8, 4) is 5.75 Å². The highest BCUT2D eigenvalue weighted by molar-refractivity contribution is 7.81. The van der Waals surface area contributed by atoms with Gasteiger partial charge in [-0.25, -0.2) is 0 Å². The van der Waals surface area contributed by atoms with Crippen molar-refractivity contribution in [2.45, 2.75) is 17.8 Å². The number of halogens is 3. The molecule has 1 aliphatic rings. The zero-order chi connectivity index (χ0) is 14.2. The number of hydrogen-bond acceptors (Lipinski definition) is 3. The third-order valence-corrected chi connectivity index (χ3v) is 3.25. The third-order valence-electron chi connectivity index (χ3n) is 2.90. The Morgan fingerprint density at radius 3 is 2.58 bits per heavy atom. The first kappa shape index (κ1) is 14.0. The lowest BCUT2D eigenvalue weighted by Crippen LogP contribution is -2.25. The zero-order valence-electron chi connectivity index (χ0n) is 10.1. The first-order chi connectivity index (χ1) is 8.82. The molecule has 1 amide bonds. The van der Waals surface area contributed by atoms with Gasteiger partial charge in [0.25, 0.3) is 0 Å². The van der Waals surface area contributed by atoms with Gasteiger partial charge in [0, 0.05) is 23.9 Å². The molecule has 2 rings (SSSR count). The van der Waals surface area contributed by atoms with Crippen LogP contribution in [0.5, 0.6) is 5.75 Å². The monoisotopic (exact) mass is 291 g/mol. The number of benzene rings is 1. The number of amides is 1. The van der Waals surface area contributed by atoms with Gasteiger partial charge >= 0.3 is 6.18 Å². The number of nitrogens with zero attached hydrogens (tertiary/aromatic N) is 1. The summed E-state index contributed by atoms with van der Waals surface area (Å²) in [6, 6.07) is 3.59. The maximum absolute atomic E-state index is 12.9. The van der Waals surface area contributed by atoms with E-state index in [2.05, 4.69) is 12.6 Å². The van der Waals surface area contributed by atoms with E-state index in [0.29, 0.717) is 6.54 Å². The van der Waals surface area contributed by atoms with E-state index >= 15 is 0 Å². The van der Waals surface area contributed by atoms with Gasteiger partial charge in [0.15, 0.2) is 0 Å². The Bertz CT molecular complexity index is 504. The summed E-state index contributed by atoms with van der Waals surface area (Å²) in [5.41, 5.74) is -0.669. The smallest absolute Gasteiger partial charge is 0.420 e. The van der Waals surface area contributed by atoms with Crippen molar-refractivity contribution in [1.29, 1.82) is 0 Å². The van der Waals surface area contributed by atoms with Crippen LogP contribution in [0.4, 0.5) is 18.9 Å². The van der Waals surface area contributed by atoms with Crippen molar-refractivity contribution in [3.63, 3.8) is 0 Å². The number of methoxy groups -OCH3 is 1. The van der Waals surface area contributed by atoms with Gasteiger partial charge in [-0.3, -0.25) is 4.79 Å². The van der Waals surface area contributed by atoms with E-state index in [0.717, 1.165) is 6.07 Å². The predicted octanol–water partition coefficient (Wildman–Crippen LogP) is 2.75. The van der Waals surface area contributed by atoms with Gasteiger partial charge in [0.1, 0.15) is 5.75 Å². The fourth-order valence-electron chi connectivity index (χ4n) is 2.02. The summed E-state index contributed by atoms with van der Waals surface area (Å²) < 4.78 is 43.3. The highest BCUT2D eigenvalue weighted by Gasteiger charge is 2.36.